The van der Waals surface area contributed by atoms with E-state index in [0.717, 1.165) is 43.4 Å². The van der Waals surface area contributed by atoms with Gasteiger partial charge in [-0.15, -0.1) is 10.2 Å². The van der Waals surface area contributed by atoms with Gasteiger partial charge < -0.3 is 85.3 Å². The van der Waals surface area contributed by atoms with E-state index in [-0.39, 0.29) is 47.9 Å². The molecule has 0 spiro atoms. The third kappa shape index (κ3) is 22.9. The normalized spacial score (nSPS) is 22.0. The van der Waals surface area contributed by atoms with Gasteiger partial charge in [0.1, 0.15) is 30.2 Å². The van der Waals surface area contributed by atoms with Gasteiger partial charge in [-0.3, -0.25) is 19.1 Å². The standard InChI is InChI=1S/C57H91N11O17S/c1-55(2,34-81-22-18-58-46(72)13-9-8-12-45-49-42(33-86-45)60-54(78)62-49)36-83-37-56(3,4)35-82-23-20-68-30-41(64-66-68)39-16-14-38(15-17-39)26-47(73)59-28-44(71)51(75)52-50(61-48(74)31-69)43(70)27-57(85-52,53(76)77)84-21-11-7-6-10-19-67-29-40(63-65-67)32-80-25-24-79-5/h14-17,29-30,42-45,49-52,69-71,75H,6-13,18-28,31-37H2,1-5H3,(H,58,72)(H,59,73)(H,61,74)(H,76,77)(H2,60,62,78)/t42?,43-,44+,45-,49-,50+,51+,52+,57+/m0/s1. The minimum Gasteiger partial charge on any atom is -0.477 e. The van der Waals surface area contributed by atoms with Crippen LogP contribution in [0.4, 0.5) is 4.79 Å². The Morgan fingerprint density at radius 3 is 2.26 bits per heavy atom. The average Bonchev–Trinajstić information content (AvgIpc) is 2.27. The molecular weight excluding hydrogens is 1140 g/mol. The summed E-state index contributed by atoms with van der Waals surface area (Å²) >= 11 is 1.88. The molecule has 1 aromatic carbocycles. The maximum Gasteiger partial charge on any atom is 0.364 e. The van der Waals surface area contributed by atoms with Crippen molar-refractivity contribution in [2.75, 3.05) is 92.0 Å². The molecule has 10 N–H and O–H groups in total. The van der Waals surface area contributed by atoms with Crippen LogP contribution in [0.25, 0.3) is 11.3 Å². The van der Waals surface area contributed by atoms with Crippen LogP contribution in [-0.4, -0.2) is 231 Å². The van der Waals surface area contributed by atoms with Crippen molar-refractivity contribution in [2.45, 2.75) is 165 Å². The number of amides is 5. The van der Waals surface area contributed by atoms with Crippen LogP contribution in [-0.2, 0) is 78.5 Å². The van der Waals surface area contributed by atoms with E-state index in [1.165, 1.54) is 0 Å². The van der Waals surface area contributed by atoms with E-state index < -0.39 is 73.6 Å². The number of hydrogen-bond acceptors (Lipinski definition) is 21. The van der Waals surface area contributed by atoms with Crippen LogP contribution >= 0.6 is 11.8 Å². The number of urea groups is 1. The summed E-state index contributed by atoms with van der Waals surface area (Å²) in [6.07, 6.45) is 1.40. The number of aliphatic hydroxyl groups is 4. The van der Waals surface area contributed by atoms with Crippen LogP contribution < -0.4 is 26.6 Å². The number of benzene rings is 1. The van der Waals surface area contributed by atoms with Gasteiger partial charge in [0.15, 0.2) is 0 Å². The van der Waals surface area contributed by atoms with Crippen molar-refractivity contribution in [1.82, 2.24) is 56.6 Å². The molecule has 6 rings (SSSR count). The highest BCUT2D eigenvalue weighted by molar-refractivity contribution is 8.00. The van der Waals surface area contributed by atoms with Crippen molar-refractivity contribution >= 4 is 41.5 Å². The fourth-order valence-electron chi connectivity index (χ4n) is 10.1. The Labute approximate surface area is 506 Å². The Balaban J connectivity index is 0.837. The van der Waals surface area contributed by atoms with E-state index in [0.29, 0.717) is 121 Å². The number of unbranched alkanes of at least 4 members (excludes halogenated alkanes) is 4. The third-order valence-corrected chi connectivity index (χ3v) is 16.2. The van der Waals surface area contributed by atoms with Crippen LogP contribution in [0.3, 0.4) is 0 Å². The van der Waals surface area contributed by atoms with Crippen molar-refractivity contribution in [3.05, 3.63) is 47.9 Å². The number of aliphatic hydroxyl groups excluding tert-OH is 4. The quantitative estimate of drug-likeness (QED) is 0.0276. The first-order valence-corrected chi connectivity index (χ1v) is 30.6. The molecule has 0 saturated carbocycles. The number of fused-ring (bicyclic) bond motifs is 1. The van der Waals surface area contributed by atoms with Crippen LogP contribution in [0.15, 0.2) is 36.7 Å². The molecule has 5 amide bonds. The lowest BCUT2D eigenvalue weighted by Crippen LogP contribution is -2.68. The number of carboxylic acids is 1. The first-order chi connectivity index (χ1) is 41.2. The van der Waals surface area contributed by atoms with Gasteiger partial charge in [0, 0.05) is 67.0 Å². The maximum atomic E-state index is 13.1. The molecule has 86 heavy (non-hydrogen) atoms. The van der Waals surface area contributed by atoms with Gasteiger partial charge in [-0.25, -0.2) is 14.3 Å². The number of aliphatic carboxylic acids is 1. The summed E-state index contributed by atoms with van der Waals surface area (Å²) in [5, 5.41) is 84.3. The highest BCUT2D eigenvalue weighted by Gasteiger charge is 2.56. The number of hydrogen-bond donors (Lipinski definition) is 10. The first kappa shape index (κ1) is 69.7. The van der Waals surface area contributed by atoms with Crippen LogP contribution in [0.1, 0.15) is 96.7 Å². The molecule has 9 atom stereocenters. The van der Waals surface area contributed by atoms with Crippen LogP contribution in [0, 0.1) is 10.8 Å². The number of methoxy groups -OCH3 is 1. The van der Waals surface area contributed by atoms with Gasteiger partial charge in [0.25, 0.3) is 5.79 Å². The van der Waals surface area contributed by atoms with Crippen LogP contribution in [0.2, 0.25) is 0 Å². The zero-order valence-electron chi connectivity index (χ0n) is 50.2. The number of thioether (sulfide) groups is 1. The fraction of sp³-hybridized carbons (Fsp3) is 0.737. The van der Waals surface area contributed by atoms with E-state index in [1.807, 2.05) is 11.8 Å². The number of ether oxygens (including phenoxy) is 7. The molecule has 0 bridgehead atoms. The van der Waals surface area contributed by atoms with Crippen molar-refractivity contribution in [1.29, 1.82) is 0 Å². The largest absolute Gasteiger partial charge is 0.477 e. The molecule has 3 aliphatic heterocycles. The molecule has 3 aliphatic rings. The number of nitrogens with one attached hydrogen (secondary N) is 5. The lowest BCUT2D eigenvalue weighted by atomic mass is 9.88. The van der Waals surface area contributed by atoms with Crippen molar-refractivity contribution in [2.24, 2.45) is 10.8 Å². The number of rotatable bonds is 42. The van der Waals surface area contributed by atoms with Gasteiger partial charge in [0.2, 0.25) is 17.7 Å². The second kappa shape index (κ2) is 34.9. The van der Waals surface area contributed by atoms with Gasteiger partial charge in [-0.2, -0.15) is 11.8 Å². The van der Waals surface area contributed by atoms with Gasteiger partial charge in [0.05, 0.1) is 122 Å². The molecule has 3 saturated heterocycles. The third-order valence-electron chi connectivity index (χ3n) is 14.7. The van der Waals surface area contributed by atoms with Gasteiger partial charge in [-0.1, -0.05) is 81.6 Å². The Morgan fingerprint density at radius 2 is 1.52 bits per heavy atom. The highest BCUT2D eigenvalue weighted by Crippen LogP contribution is 2.35. The smallest absolute Gasteiger partial charge is 0.364 e. The van der Waals surface area contributed by atoms with E-state index in [2.05, 4.69) is 74.9 Å². The summed E-state index contributed by atoms with van der Waals surface area (Å²) in [6, 6.07) is 5.90. The fourth-order valence-corrected chi connectivity index (χ4v) is 11.6. The Morgan fingerprint density at radius 1 is 0.814 bits per heavy atom. The SMILES string of the molecule is COCCOCc1cn(CCCCCCO[C@]2(C(=O)O)C[C@H](O)[C@@H](NC(=O)CO)[C@H]([C@H](O)[C@H](O)CNC(=O)Cc3ccc(-c4cn(CCOCC(C)(C)COCC(C)(C)COCCNC(=O)CCCC[C@@H]5SCC6NC(=O)N[C@@H]65)nn4)cc3)O2)nn1. The topological polar surface area (TPSA) is 373 Å². The van der Waals surface area contributed by atoms with Gasteiger partial charge >= 0.3 is 12.0 Å². The van der Waals surface area contributed by atoms with E-state index >= 15 is 0 Å². The molecule has 2 aromatic heterocycles. The number of nitrogens with zero attached hydrogens (tertiary/aromatic N) is 6. The van der Waals surface area contributed by atoms with Gasteiger partial charge in [-0.05, 0) is 31.2 Å². The molecule has 482 valence electrons. The van der Waals surface area contributed by atoms with E-state index in [4.69, 9.17) is 33.2 Å². The summed E-state index contributed by atoms with van der Waals surface area (Å²) in [5.41, 5.74) is 2.17. The summed E-state index contributed by atoms with van der Waals surface area (Å²) in [6.45, 7) is 12.1. The maximum absolute atomic E-state index is 13.1. The molecule has 5 heterocycles. The highest BCUT2D eigenvalue weighted by atomic mass is 32.2. The van der Waals surface area contributed by atoms with E-state index in [1.54, 1.807) is 53.1 Å². The van der Waals surface area contributed by atoms with Crippen LogP contribution in [0.5, 0.6) is 0 Å². The van der Waals surface area contributed by atoms with Crippen molar-refractivity contribution in [3.63, 3.8) is 0 Å². The molecule has 3 aromatic rings. The summed E-state index contributed by atoms with van der Waals surface area (Å²) in [4.78, 5) is 62.1. The average molecular weight is 1230 g/mol. The minimum absolute atomic E-state index is 0.0157. The number of aryl methyl sites for hydroxylation is 1. The monoisotopic (exact) mass is 1230 g/mol. The molecule has 0 radical (unpaired) electrons. The van der Waals surface area contributed by atoms with E-state index in [9.17, 15) is 49.5 Å². The zero-order valence-corrected chi connectivity index (χ0v) is 51.0. The lowest BCUT2D eigenvalue weighted by Gasteiger charge is -2.46. The molecule has 28 nitrogen and oxygen atoms in total. The Kier molecular flexibility index (Phi) is 28.3. The minimum atomic E-state index is -2.47. The first-order valence-electron chi connectivity index (χ1n) is 29.6. The molecule has 0 aliphatic carbocycles. The zero-order chi connectivity index (χ0) is 62.1. The lowest BCUT2D eigenvalue weighted by molar-refractivity contribution is -0.310. The predicted octanol–water partition coefficient (Wildman–Crippen LogP) is 0.709. The molecule has 1 unspecified atom stereocenters. The summed E-state index contributed by atoms with van der Waals surface area (Å²) < 4.78 is 43.4. The Bertz CT molecular complexity index is 2560. The summed E-state index contributed by atoms with van der Waals surface area (Å²) in [5.74, 6) is -4.60. The van der Waals surface area contributed by atoms with Crippen molar-refractivity contribution in [3.8, 4) is 11.3 Å². The second-order valence-electron chi connectivity index (χ2n) is 23.7. The summed E-state index contributed by atoms with van der Waals surface area (Å²) in [7, 11) is 1.59. The molecular formula is C57H91N11O17S. The van der Waals surface area contributed by atoms with Crippen molar-refractivity contribution < 1.29 is 82.7 Å². The number of aromatic nitrogens is 6. The predicted molar refractivity (Wildman–Crippen MR) is 312 cm³/mol. The number of carbonyl (C=O) groups is 5. The Hall–Kier alpha value is -5.44. The number of carboxylic acid groups (broad SMARTS) is 1. The number of carbonyl (C=O) groups excluding carboxylic acids is 4. The molecule has 29 heteroatoms. The molecule has 3 fully saturated rings. The second-order valence-corrected chi connectivity index (χ2v) is 25.0.